The molecule has 0 spiro atoms. The van der Waals surface area contributed by atoms with E-state index in [4.69, 9.17) is 0 Å². The zero-order chi connectivity index (χ0) is 9.35. The summed E-state index contributed by atoms with van der Waals surface area (Å²) in [5.74, 6) is -0.299. The number of hydrogen-bond acceptors (Lipinski definition) is 2. The van der Waals surface area contributed by atoms with E-state index in [2.05, 4.69) is 0 Å². The highest BCUT2D eigenvalue weighted by atomic mass is 127. The van der Waals surface area contributed by atoms with Crippen LogP contribution < -0.4 is 0 Å². The zero-order valence-electron chi connectivity index (χ0n) is 5.97. The second-order valence-corrected chi connectivity index (χ2v) is 5.50. The third kappa shape index (κ3) is 2.93. The van der Waals surface area contributed by atoms with Gasteiger partial charge in [0.25, 0.3) is 0 Å². The van der Waals surface area contributed by atoms with Gasteiger partial charge in [0, 0.05) is 41.9 Å². The van der Waals surface area contributed by atoms with Crippen molar-refractivity contribution in [2.75, 3.05) is 18.8 Å². The Kier molecular flexibility index (Phi) is 3.52. The van der Waals surface area contributed by atoms with E-state index in [1.165, 1.54) is 0 Å². The molecule has 0 radical (unpaired) electrons. The number of nitrogens with zero attached hydrogens (tertiary/aromatic N) is 1. The SMILES string of the molecule is [O-][S+](CC1CN(I)C1)C(F)(F)F. The van der Waals surface area contributed by atoms with Crippen LogP contribution in [-0.4, -0.2) is 32.0 Å². The average molecular weight is 313 g/mol. The molecule has 1 heterocycles. The van der Waals surface area contributed by atoms with Gasteiger partial charge in [-0.05, 0) is 0 Å². The van der Waals surface area contributed by atoms with Gasteiger partial charge in [-0.1, -0.05) is 0 Å². The van der Waals surface area contributed by atoms with Gasteiger partial charge in [-0.25, -0.2) is 3.11 Å². The van der Waals surface area contributed by atoms with Gasteiger partial charge in [-0.15, -0.1) is 13.2 Å². The first-order chi connectivity index (χ1) is 5.39. The molecule has 0 saturated carbocycles. The number of rotatable bonds is 2. The molecule has 0 amide bonds. The molecule has 1 rings (SSSR count). The summed E-state index contributed by atoms with van der Waals surface area (Å²) in [4.78, 5) is 0. The van der Waals surface area contributed by atoms with Gasteiger partial charge in [0.05, 0.1) is 11.2 Å². The third-order valence-corrected chi connectivity index (χ3v) is 3.64. The predicted octanol–water partition coefficient (Wildman–Crippen LogP) is 1.54. The van der Waals surface area contributed by atoms with Gasteiger partial charge in [0.15, 0.2) is 0 Å². The van der Waals surface area contributed by atoms with Crippen LogP contribution in [-0.2, 0) is 11.2 Å². The number of halogens is 4. The summed E-state index contributed by atoms with van der Waals surface area (Å²) in [6.07, 6.45) is 0. The van der Waals surface area contributed by atoms with Crippen molar-refractivity contribution in [1.82, 2.24) is 3.11 Å². The van der Waals surface area contributed by atoms with E-state index >= 15 is 0 Å². The van der Waals surface area contributed by atoms with Crippen LogP contribution in [0.25, 0.3) is 0 Å². The molecule has 0 aromatic rings. The van der Waals surface area contributed by atoms with Crippen molar-refractivity contribution in [3.05, 3.63) is 0 Å². The van der Waals surface area contributed by atoms with E-state index in [1.807, 2.05) is 26.0 Å². The Morgan fingerprint density at radius 3 is 2.33 bits per heavy atom. The van der Waals surface area contributed by atoms with Crippen molar-refractivity contribution in [2.45, 2.75) is 5.51 Å². The highest BCUT2D eigenvalue weighted by molar-refractivity contribution is 14.1. The van der Waals surface area contributed by atoms with Crippen LogP contribution in [0.1, 0.15) is 0 Å². The van der Waals surface area contributed by atoms with Crippen LogP contribution in [0.4, 0.5) is 13.2 Å². The lowest BCUT2D eigenvalue weighted by Crippen LogP contribution is -2.45. The molecule has 0 aliphatic carbocycles. The summed E-state index contributed by atoms with van der Waals surface area (Å²) in [5.41, 5.74) is -4.54. The van der Waals surface area contributed by atoms with E-state index in [9.17, 15) is 17.7 Å². The minimum Gasteiger partial charge on any atom is -0.609 e. The van der Waals surface area contributed by atoms with Gasteiger partial charge in [0.1, 0.15) is 5.75 Å². The smallest absolute Gasteiger partial charge is 0.572 e. The van der Waals surface area contributed by atoms with Gasteiger partial charge in [-0.2, -0.15) is 0 Å². The topological polar surface area (TPSA) is 26.3 Å². The van der Waals surface area contributed by atoms with Crippen LogP contribution >= 0.6 is 22.9 Å². The lowest BCUT2D eigenvalue weighted by molar-refractivity contribution is -0.0440. The molecule has 0 aromatic carbocycles. The molecule has 72 valence electrons. The van der Waals surface area contributed by atoms with Crippen LogP contribution in [0.5, 0.6) is 0 Å². The second-order valence-electron chi connectivity index (χ2n) is 2.65. The van der Waals surface area contributed by atoms with E-state index in [0.29, 0.717) is 13.1 Å². The van der Waals surface area contributed by atoms with E-state index in [-0.39, 0.29) is 11.7 Å². The summed E-state index contributed by atoms with van der Waals surface area (Å²) in [7, 11) is 0. The average Bonchev–Trinajstić information content (AvgIpc) is 1.82. The summed E-state index contributed by atoms with van der Waals surface area (Å²) >= 11 is -0.632. The van der Waals surface area contributed by atoms with Crippen LogP contribution in [0.15, 0.2) is 0 Å². The number of alkyl halides is 3. The molecular weight excluding hydrogens is 306 g/mol. The third-order valence-electron chi connectivity index (χ3n) is 1.56. The van der Waals surface area contributed by atoms with Crippen molar-refractivity contribution in [1.29, 1.82) is 0 Å². The largest absolute Gasteiger partial charge is 0.609 e. The maximum absolute atomic E-state index is 11.8. The highest BCUT2D eigenvalue weighted by Gasteiger charge is 2.46. The fraction of sp³-hybridized carbons (Fsp3) is 1.00. The molecule has 0 bridgehead atoms. The molecule has 12 heavy (non-hydrogen) atoms. The first kappa shape index (κ1) is 10.9. The lowest BCUT2D eigenvalue weighted by atomic mass is 10.1. The van der Waals surface area contributed by atoms with Gasteiger partial charge < -0.3 is 4.55 Å². The van der Waals surface area contributed by atoms with Crippen molar-refractivity contribution in [3.63, 3.8) is 0 Å². The van der Waals surface area contributed by atoms with Gasteiger partial charge in [0.2, 0.25) is 0 Å². The Morgan fingerprint density at radius 1 is 1.50 bits per heavy atom. The standard InChI is InChI=1S/C5H7F3INOS/c6-5(7,8)12(11)3-4-1-10(9)2-4/h4H,1-3H2. The summed E-state index contributed by atoms with van der Waals surface area (Å²) in [6.45, 7) is 1.23. The van der Waals surface area contributed by atoms with Crippen molar-refractivity contribution >= 4 is 34.0 Å². The van der Waals surface area contributed by atoms with Gasteiger partial charge in [-0.3, -0.25) is 0 Å². The van der Waals surface area contributed by atoms with Crippen LogP contribution in [0.3, 0.4) is 0 Å². The molecule has 1 aliphatic rings. The quantitative estimate of drug-likeness (QED) is 0.439. The maximum atomic E-state index is 11.8. The van der Waals surface area contributed by atoms with Crippen molar-refractivity contribution < 1.29 is 17.7 Å². The van der Waals surface area contributed by atoms with E-state index < -0.39 is 16.7 Å². The Labute approximate surface area is 85.2 Å². The molecule has 2 nitrogen and oxygen atoms in total. The normalized spacial score (nSPS) is 23.8. The number of hydrogen-bond donors (Lipinski definition) is 0. The predicted molar refractivity (Wildman–Crippen MR) is 48.1 cm³/mol. The molecule has 1 fully saturated rings. The summed E-state index contributed by atoms with van der Waals surface area (Å²) in [6, 6.07) is 0. The Bertz CT molecular complexity index is 161. The molecule has 1 unspecified atom stereocenters. The van der Waals surface area contributed by atoms with Crippen LogP contribution in [0, 0.1) is 5.92 Å². The van der Waals surface area contributed by atoms with Gasteiger partial charge >= 0.3 is 5.51 Å². The first-order valence-electron chi connectivity index (χ1n) is 3.25. The Morgan fingerprint density at radius 2 is 2.00 bits per heavy atom. The fourth-order valence-corrected chi connectivity index (χ4v) is 2.86. The molecule has 1 atom stereocenters. The van der Waals surface area contributed by atoms with E-state index in [0.717, 1.165) is 0 Å². The molecule has 0 N–H and O–H groups in total. The molecule has 1 saturated heterocycles. The first-order valence-corrected chi connectivity index (χ1v) is 5.54. The Hall–Kier alpha value is 0.790. The molecule has 0 aromatic heterocycles. The summed E-state index contributed by atoms with van der Waals surface area (Å²) < 4.78 is 47.7. The monoisotopic (exact) mass is 313 g/mol. The van der Waals surface area contributed by atoms with Crippen molar-refractivity contribution in [2.24, 2.45) is 5.92 Å². The molecule has 1 aliphatic heterocycles. The zero-order valence-corrected chi connectivity index (χ0v) is 8.95. The lowest BCUT2D eigenvalue weighted by Gasteiger charge is -2.33. The second kappa shape index (κ2) is 3.89. The fourth-order valence-electron chi connectivity index (χ4n) is 0.921. The van der Waals surface area contributed by atoms with Crippen molar-refractivity contribution in [3.8, 4) is 0 Å². The minimum absolute atomic E-state index is 0.0515. The Balaban J connectivity index is 2.23. The maximum Gasteiger partial charge on any atom is 0.572 e. The molecular formula is C5H7F3INOS. The van der Waals surface area contributed by atoms with E-state index in [1.54, 1.807) is 0 Å². The molecule has 7 heteroatoms. The summed E-state index contributed by atoms with van der Waals surface area (Å²) in [5, 5.41) is 0. The van der Waals surface area contributed by atoms with Crippen LogP contribution in [0.2, 0.25) is 0 Å². The highest BCUT2D eigenvalue weighted by Crippen LogP contribution is 2.29. The minimum atomic E-state index is -4.54.